The second kappa shape index (κ2) is 8.54. The summed E-state index contributed by atoms with van der Waals surface area (Å²) < 4.78 is 0. The fraction of sp³-hybridized carbons (Fsp3) is 0.600. The Bertz CT molecular complexity index is 623. The van der Waals surface area contributed by atoms with E-state index in [0.717, 1.165) is 44.7 Å². The summed E-state index contributed by atoms with van der Waals surface area (Å²) in [5, 5.41) is 5.86. The van der Waals surface area contributed by atoms with Crippen LogP contribution >= 0.6 is 0 Å². The van der Waals surface area contributed by atoms with Crippen molar-refractivity contribution in [2.75, 3.05) is 50.0 Å². The monoisotopic (exact) mass is 358 g/mol. The lowest BCUT2D eigenvalue weighted by Gasteiger charge is -2.34. The lowest BCUT2D eigenvalue weighted by atomic mass is 10.2. The molecule has 2 unspecified atom stereocenters. The molecule has 1 aliphatic carbocycles. The number of carbonyl (C=O) groups is 2. The largest absolute Gasteiger partial charge is 0.369 e. The fourth-order valence-electron chi connectivity index (χ4n) is 3.35. The van der Waals surface area contributed by atoms with Crippen molar-refractivity contribution in [3.05, 3.63) is 24.3 Å². The number of unbranched alkanes of at least 4 members (excludes halogenated alkanes) is 1. The molecule has 0 aromatic heterocycles. The molecule has 2 atom stereocenters. The summed E-state index contributed by atoms with van der Waals surface area (Å²) in [6, 6.07) is 8.01. The summed E-state index contributed by atoms with van der Waals surface area (Å²) in [4.78, 5) is 29.0. The van der Waals surface area contributed by atoms with E-state index >= 15 is 0 Å². The molecule has 0 spiro atoms. The van der Waals surface area contributed by atoms with Crippen molar-refractivity contribution in [3.8, 4) is 0 Å². The summed E-state index contributed by atoms with van der Waals surface area (Å²) in [6.45, 7) is 6.99. The molecule has 1 aliphatic heterocycles. The van der Waals surface area contributed by atoms with Crippen molar-refractivity contribution in [1.82, 2.24) is 10.2 Å². The standard InChI is InChI=1S/C20H30N4O2/c1-3-4-9-21-19(25)17-14-18(17)20(26)22-15-5-7-16(8-6-15)24-12-10-23(2)11-13-24/h5-8,17-18H,3-4,9-14H2,1-2H3,(H,21,25)(H,22,26). The summed E-state index contributed by atoms with van der Waals surface area (Å²) in [6.07, 6.45) is 2.69. The molecule has 1 saturated carbocycles. The van der Waals surface area contributed by atoms with Crippen LogP contribution in [0.1, 0.15) is 26.2 Å². The van der Waals surface area contributed by atoms with Crippen LogP contribution in [0.4, 0.5) is 11.4 Å². The van der Waals surface area contributed by atoms with Crippen LogP contribution in [0, 0.1) is 11.8 Å². The molecule has 26 heavy (non-hydrogen) atoms. The highest BCUT2D eigenvalue weighted by Gasteiger charge is 2.47. The zero-order valence-corrected chi connectivity index (χ0v) is 15.8. The maximum absolute atomic E-state index is 12.3. The Hall–Kier alpha value is -2.08. The topological polar surface area (TPSA) is 64.7 Å². The van der Waals surface area contributed by atoms with Crippen molar-refractivity contribution in [2.45, 2.75) is 26.2 Å². The fourth-order valence-corrected chi connectivity index (χ4v) is 3.35. The highest BCUT2D eigenvalue weighted by atomic mass is 16.2. The van der Waals surface area contributed by atoms with Gasteiger partial charge in [-0.2, -0.15) is 0 Å². The van der Waals surface area contributed by atoms with Gasteiger partial charge >= 0.3 is 0 Å². The summed E-state index contributed by atoms with van der Waals surface area (Å²) in [5.74, 6) is -0.373. The van der Waals surface area contributed by atoms with Gasteiger partial charge in [0.15, 0.2) is 0 Å². The Morgan fingerprint density at radius 3 is 2.35 bits per heavy atom. The Morgan fingerprint density at radius 2 is 1.69 bits per heavy atom. The van der Waals surface area contributed by atoms with Crippen LogP contribution in [-0.2, 0) is 9.59 Å². The molecule has 2 N–H and O–H groups in total. The van der Waals surface area contributed by atoms with Gasteiger partial charge in [-0.3, -0.25) is 9.59 Å². The Balaban J connectivity index is 1.46. The first-order valence-electron chi connectivity index (χ1n) is 9.70. The average Bonchev–Trinajstić information content (AvgIpc) is 3.44. The molecule has 3 rings (SSSR count). The lowest BCUT2D eigenvalue weighted by Crippen LogP contribution is -2.44. The lowest BCUT2D eigenvalue weighted by molar-refractivity contribution is -0.125. The van der Waals surface area contributed by atoms with E-state index in [1.165, 1.54) is 5.69 Å². The highest BCUT2D eigenvalue weighted by Crippen LogP contribution is 2.39. The molecule has 1 heterocycles. The minimum Gasteiger partial charge on any atom is -0.369 e. The van der Waals surface area contributed by atoms with E-state index in [-0.39, 0.29) is 23.7 Å². The third-order valence-corrected chi connectivity index (χ3v) is 5.30. The van der Waals surface area contributed by atoms with Crippen LogP contribution in [0.15, 0.2) is 24.3 Å². The first kappa shape index (κ1) is 18.7. The third-order valence-electron chi connectivity index (χ3n) is 5.30. The second-order valence-electron chi connectivity index (χ2n) is 7.42. The maximum Gasteiger partial charge on any atom is 0.228 e. The smallest absolute Gasteiger partial charge is 0.228 e. The molecule has 0 radical (unpaired) electrons. The average molecular weight is 358 g/mol. The van der Waals surface area contributed by atoms with Crippen LogP contribution in [0.3, 0.4) is 0 Å². The SMILES string of the molecule is CCCCNC(=O)C1CC1C(=O)Nc1ccc(N2CCN(C)CC2)cc1. The van der Waals surface area contributed by atoms with Gasteiger partial charge < -0.3 is 20.4 Å². The van der Waals surface area contributed by atoms with E-state index in [0.29, 0.717) is 13.0 Å². The van der Waals surface area contributed by atoms with E-state index < -0.39 is 0 Å². The Kier molecular flexibility index (Phi) is 6.14. The zero-order chi connectivity index (χ0) is 18.5. The minimum absolute atomic E-state index is 0.0176. The van der Waals surface area contributed by atoms with E-state index in [9.17, 15) is 9.59 Å². The normalized spacial score (nSPS) is 22.8. The number of carbonyl (C=O) groups excluding carboxylic acids is 2. The molecule has 1 aromatic rings. The van der Waals surface area contributed by atoms with Gasteiger partial charge in [0.1, 0.15) is 0 Å². The van der Waals surface area contributed by atoms with Gasteiger partial charge in [0.2, 0.25) is 11.8 Å². The molecule has 2 fully saturated rings. The number of hydrogen-bond acceptors (Lipinski definition) is 4. The van der Waals surface area contributed by atoms with Crippen molar-refractivity contribution in [3.63, 3.8) is 0 Å². The van der Waals surface area contributed by atoms with Crippen LogP contribution in [0.25, 0.3) is 0 Å². The zero-order valence-electron chi connectivity index (χ0n) is 15.8. The molecule has 2 aliphatic rings. The van der Waals surface area contributed by atoms with E-state index in [4.69, 9.17) is 0 Å². The van der Waals surface area contributed by atoms with E-state index in [1.807, 2.05) is 12.1 Å². The molecular formula is C20H30N4O2. The van der Waals surface area contributed by atoms with Gasteiger partial charge in [-0.25, -0.2) is 0 Å². The summed E-state index contributed by atoms with van der Waals surface area (Å²) in [5.41, 5.74) is 1.99. The number of likely N-dealkylation sites (N-methyl/N-ethyl adjacent to an activating group) is 1. The number of piperazine rings is 1. The minimum atomic E-state index is -0.186. The third kappa shape index (κ3) is 4.75. The Morgan fingerprint density at radius 1 is 1.04 bits per heavy atom. The van der Waals surface area contributed by atoms with Gasteiger partial charge in [-0.15, -0.1) is 0 Å². The number of amides is 2. The van der Waals surface area contributed by atoms with Crippen LogP contribution in [0.5, 0.6) is 0 Å². The van der Waals surface area contributed by atoms with Gasteiger partial charge in [-0.1, -0.05) is 13.3 Å². The number of benzene rings is 1. The predicted octanol–water partition coefficient (Wildman–Crippen LogP) is 1.93. The molecule has 6 heteroatoms. The molecule has 2 amide bonds. The van der Waals surface area contributed by atoms with Crippen molar-refractivity contribution < 1.29 is 9.59 Å². The summed E-state index contributed by atoms with van der Waals surface area (Å²) in [7, 11) is 2.14. The van der Waals surface area contributed by atoms with E-state index in [2.05, 4.69) is 46.5 Å². The molecular weight excluding hydrogens is 328 g/mol. The van der Waals surface area contributed by atoms with Gasteiger partial charge in [0.25, 0.3) is 0 Å². The number of rotatable bonds is 7. The first-order chi connectivity index (χ1) is 12.6. The van der Waals surface area contributed by atoms with Crippen LogP contribution in [0.2, 0.25) is 0 Å². The van der Waals surface area contributed by atoms with Gasteiger partial charge in [0.05, 0.1) is 11.8 Å². The van der Waals surface area contributed by atoms with Gasteiger partial charge in [-0.05, 0) is 44.2 Å². The van der Waals surface area contributed by atoms with Crippen molar-refractivity contribution in [2.24, 2.45) is 11.8 Å². The number of hydrogen-bond donors (Lipinski definition) is 2. The van der Waals surface area contributed by atoms with Crippen molar-refractivity contribution >= 4 is 23.2 Å². The van der Waals surface area contributed by atoms with Crippen molar-refractivity contribution in [1.29, 1.82) is 0 Å². The molecule has 142 valence electrons. The summed E-state index contributed by atoms with van der Waals surface area (Å²) >= 11 is 0. The quantitative estimate of drug-likeness (QED) is 0.731. The number of nitrogens with one attached hydrogen (secondary N) is 2. The maximum atomic E-state index is 12.3. The number of nitrogens with zero attached hydrogens (tertiary/aromatic N) is 2. The predicted molar refractivity (Wildman–Crippen MR) is 104 cm³/mol. The number of anilines is 2. The first-order valence-corrected chi connectivity index (χ1v) is 9.70. The Labute approximate surface area is 155 Å². The van der Waals surface area contributed by atoms with E-state index in [1.54, 1.807) is 0 Å². The van der Waals surface area contributed by atoms with Crippen LogP contribution < -0.4 is 15.5 Å². The molecule has 1 saturated heterocycles. The molecule has 6 nitrogen and oxygen atoms in total. The molecule has 0 bridgehead atoms. The second-order valence-corrected chi connectivity index (χ2v) is 7.42. The van der Waals surface area contributed by atoms with Crippen LogP contribution in [-0.4, -0.2) is 56.5 Å². The highest BCUT2D eigenvalue weighted by molar-refractivity contribution is 5.99. The molecule has 1 aromatic carbocycles. The van der Waals surface area contributed by atoms with Gasteiger partial charge in [0, 0.05) is 44.1 Å².